The predicted molar refractivity (Wildman–Crippen MR) is 93.3 cm³/mol. The fraction of sp³-hybridized carbons (Fsp3) is 0.500. The molecule has 0 saturated heterocycles. The zero-order valence-corrected chi connectivity index (χ0v) is 15.0. The van der Waals surface area contributed by atoms with Gasteiger partial charge < -0.3 is 16.0 Å². The van der Waals surface area contributed by atoms with Gasteiger partial charge in [-0.25, -0.2) is 0 Å². The molecule has 0 aliphatic heterocycles. The molecule has 1 aromatic carbocycles. The highest BCUT2D eigenvalue weighted by Crippen LogP contribution is 2.11. The molecule has 0 saturated carbocycles. The van der Waals surface area contributed by atoms with E-state index in [9.17, 15) is 14.4 Å². The molecule has 0 bridgehead atoms. The molecular weight excluding hydrogens is 306 g/mol. The van der Waals surface area contributed by atoms with Crippen LogP contribution in [0.3, 0.4) is 0 Å². The number of carbonyl (C=O) groups excluding carboxylic acids is 3. The zero-order valence-electron chi connectivity index (χ0n) is 15.0. The van der Waals surface area contributed by atoms with Crippen LogP contribution in [0.5, 0.6) is 0 Å². The molecule has 6 heteroatoms. The monoisotopic (exact) mass is 333 g/mol. The van der Waals surface area contributed by atoms with Crippen LogP contribution in [-0.2, 0) is 9.59 Å². The van der Waals surface area contributed by atoms with Crippen molar-refractivity contribution >= 4 is 17.7 Å². The summed E-state index contributed by atoms with van der Waals surface area (Å²) in [6.45, 7) is 9.08. The first-order valence-electron chi connectivity index (χ1n) is 8.09. The number of nitrogens with zero attached hydrogens (tertiary/aromatic N) is 1. The SMILES string of the molecule is Cc1ccc(C(=O)NC(C(=O)N(CC(N)=O)C(C)C)C(C)C)cc1. The predicted octanol–water partition coefficient (Wildman–Crippen LogP) is 1.47. The molecule has 1 rings (SSSR count). The van der Waals surface area contributed by atoms with Gasteiger partial charge >= 0.3 is 0 Å². The van der Waals surface area contributed by atoms with E-state index < -0.39 is 11.9 Å². The highest BCUT2D eigenvalue weighted by molar-refractivity contribution is 5.98. The first kappa shape index (κ1) is 19.7. The Morgan fingerprint density at radius 1 is 1.08 bits per heavy atom. The Morgan fingerprint density at radius 2 is 1.62 bits per heavy atom. The average Bonchev–Trinajstić information content (AvgIpc) is 2.49. The van der Waals surface area contributed by atoms with E-state index in [1.165, 1.54) is 4.90 Å². The Labute approximate surface area is 143 Å². The van der Waals surface area contributed by atoms with Crippen LogP contribution in [0.15, 0.2) is 24.3 Å². The standard InChI is InChI=1S/C18H27N3O3/c1-11(2)16(18(24)21(12(3)4)10-15(19)22)20-17(23)14-8-6-13(5)7-9-14/h6-9,11-12,16H,10H2,1-5H3,(H2,19,22)(H,20,23). The van der Waals surface area contributed by atoms with E-state index in [-0.39, 0.29) is 30.3 Å². The minimum Gasteiger partial charge on any atom is -0.368 e. The van der Waals surface area contributed by atoms with Gasteiger partial charge in [-0.05, 0) is 38.8 Å². The normalized spacial score (nSPS) is 12.1. The van der Waals surface area contributed by atoms with Crippen LogP contribution < -0.4 is 11.1 Å². The van der Waals surface area contributed by atoms with Crippen molar-refractivity contribution in [3.63, 3.8) is 0 Å². The van der Waals surface area contributed by atoms with E-state index in [1.807, 2.05) is 32.9 Å². The van der Waals surface area contributed by atoms with Gasteiger partial charge in [-0.15, -0.1) is 0 Å². The van der Waals surface area contributed by atoms with Crippen molar-refractivity contribution < 1.29 is 14.4 Å². The van der Waals surface area contributed by atoms with Crippen molar-refractivity contribution in [3.05, 3.63) is 35.4 Å². The molecule has 1 aromatic rings. The highest BCUT2D eigenvalue weighted by Gasteiger charge is 2.30. The first-order chi connectivity index (χ1) is 11.1. The van der Waals surface area contributed by atoms with Crippen molar-refractivity contribution in [2.45, 2.75) is 46.7 Å². The summed E-state index contributed by atoms with van der Waals surface area (Å²) < 4.78 is 0. The summed E-state index contributed by atoms with van der Waals surface area (Å²) in [4.78, 5) is 37.8. The molecule has 3 N–H and O–H groups in total. The number of amides is 3. The second-order valence-electron chi connectivity index (χ2n) is 6.59. The summed E-state index contributed by atoms with van der Waals surface area (Å²) in [6, 6.07) is 6.21. The maximum absolute atomic E-state index is 12.8. The van der Waals surface area contributed by atoms with Crippen LogP contribution in [0.2, 0.25) is 0 Å². The van der Waals surface area contributed by atoms with Crippen LogP contribution in [0.4, 0.5) is 0 Å². The summed E-state index contributed by atoms with van der Waals surface area (Å²) in [7, 11) is 0. The van der Waals surface area contributed by atoms with Gasteiger partial charge in [0.05, 0.1) is 6.54 Å². The fourth-order valence-electron chi connectivity index (χ4n) is 2.30. The molecule has 0 aromatic heterocycles. The lowest BCUT2D eigenvalue weighted by Crippen LogP contribution is -2.54. The Kier molecular flexibility index (Phi) is 6.95. The van der Waals surface area contributed by atoms with E-state index in [4.69, 9.17) is 5.73 Å². The fourth-order valence-corrected chi connectivity index (χ4v) is 2.30. The molecule has 0 radical (unpaired) electrons. The third-order valence-electron chi connectivity index (χ3n) is 3.77. The quantitative estimate of drug-likeness (QED) is 0.791. The molecule has 132 valence electrons. The van der Waals surface area contributed by atoms with E-state index in [1.54, 1.807) is 26.0 Å². The van der Waals surface area contributed by atoms with E-state index >= 15 is 0 Å². The summed E-state index contributed by atoms with van der Waals surface area (Å²) in [5.74, 6) is -1.32. The molecule has 0 spiro atoms. The van der Waals surface area contributed by atoms with Crippen molar-refractivity contribution in [1.29, 1.82) is 0 Å². The molecule has 1 atom stereocenters. The topological polar surface area (TPSA) is 92.5 Å². The Morgan fingerprint density at radius 3 is 2.04 bits per heavy atom. The smallest absolute Gasteiger partial charge is 0.251 e. The largest absolute Gasteiger partial charge is 0.368 e. The second-order valence-corrected chi connectivity index (χ2v) is 6.59. The van der Waals surface area contributed by atoms with Gasteiger partial charge in [-0.1, -0.05) is 31.5 Å². The lowest BCUT2D eigenvalue weighted by Gasteiger charge is -2.31. The Hall–Kier alpha value is -2.37. The van der Waals surface area contributed by atoms with Crippen LogP contribution >= 0.6 is 0 Å². The van der Waals surface area contributed by atoms with Crippen LogP contribution in [-0.4, -0.2) is 41.2 Å². The molecule has 1 unspecified atom stereocenters. The van der Waals surface area contributed by atoms with E-state index in [2.05, 4.69) is 5.32 Å². The molecule has 0 aliphatic rings. The minimum atomic E-state index is -0.722. The second kappa shape index (κ2) is 8.47. The molecule has 0 aliphatic carbocycles. The number of hydrogen-bond donors (Lipinski definition) is 2. The van der Waals surface area contributed by atoms with Gasteiger partial charge in [0.2, 0.25) is 11.8 Å². The third kappa shape index (κ3) is 5.37. The van der Waals surface area contributed by atoms with Crippen molar-refractivity contribution in [3.8, 4) is 0 Å². The lowest BCUT2D eigenvalue weighted by molar-refractivity contribution is -0.139. The van der Waals surface area contributed by atoms with Crippen LogP contribution in [0.25, 0.3) is 0 Å². The number of carbonyl (C=O) groups is 3. The number of nitrogens with two attached hydrogens (primary N) is 1. The summed E-state index contributed by atoms with van der Waals surface area (Å²) in [5.41, 5.74) is 6.77. The third-order valence-corrected chi connectivity index (χ3v) is 3.77. The van der Waals surface area contributed by atoms with Gasteiger partial charge in [0.1, 0.15) is 6.04 Å². The van der Waals surface area contributed by atoms with Gasteiger partial charge in [-0.3, -0.25) is 14.4 Å². The zero-order chi connectivity index (χ0) is 18.4. The van der Waals surface area contributed by atoms with Crippen LogP contribution in [0, 0.1) is 12.8 Å². The summed E-state index contributed by atoms with van der Waals surface area (Å²) in [5, 5.41) is 2.78. The van der Waals surface area contributed by atoms with Crippen molar-refractivity contribution in [2.75, 3.05) is 6.54 Å². The number of hydrogen-bond acceptors (Lipinski definition) is 3. The van der Waals surface area contributed by atoms with E-state index in [0.717, 1.165) is 5.56 Å². The molecule has 6 nitrogen and oxygen atoms in total. The molecule has 0 heterocycles. The molecule has 3 amide bonds. The van der Waals surface area contributed by atoms with Crippen molar-refractivity contribution in [1.82, 2.24) is 10.2 Å². The highest BCUT2D eigenvalue weighted by atomic mass is 16.2. The van der Waals surface area contributed by atoms with Gasteiger partial charge in [-0.2, -0.15) is 0 Å². The van der Waals surface area contributed by atoms with Gasteiger partial charge in [0, 0.05) is 11.6 Å². The number of rotatable bonds is 7. The maximum atomic E-state index is 12.8. The van der Waals surface area contributed by atoms with E-state index in [0.29, 0.717) is 5.56 Å². The van der Waals surface area contributed by atoms with Gasteiger partial charge in [0.25, 0.3) is 5.91 Å². The first-order valence-corrected chi connectivity index (χ1v) is 8.09. The lowest BCUT2D eigenvalue weighted by atomic mass is 10.0. The Balaban J connectivity index is 2.96. The number of benzene rings is 1. The molecular formula is C18H27N3O3. The summed E-state index contributed by atoms with van der Waals surface area (Å²) >= 11 is 0. The molecule has 24 heavy (non-hydrogen) atoms. The number of nitrogens with one attached hydrogen (secondary N) is 1. The average molecular weight is 333 g/mol. The summed E-state index contributed by atoms with van der Waals surface area (Å²) in [6.07, 6.45) is 0. The van der Waals surface area contributed by atoms with Gasteiger partial charge in [0.15, 0.2) is 0 Å². The maximum Gasteiger partial charge on any atom is 0.251 e. The Bertz CT molecular complexity index is 594. The molecule has 0 fully saturated rings. The minimum absolute atomic E-state index is 0.124. The number of primary amides is 1. The number of aryl methyl sites for hydroxylation is 1. The van der Waals surface area contributed by atoms with Crippen LogP contribution in [0.1, 0.15) is 43.6 Å². The van der Waals surface area contributed by atoms with Crippen molar-refractivity contribution in [2.24, 2.45) is 11.7 Å².